The summed E-state index contributed by atoms with van der Waals surface area (Å²) in [5, 5.41) is 0. The van der Waals surface area contributed by atoms with Crippen LogP contribution in [0.1, 0.15) is 11.3 Å². The highest BCUT2D eigenvalue weighted by atomic mass is 14.8. The number of rotatable bonds is 1. The number of nitrogen functional groups attached to an aromatic ring is 1. The fourth-order valence-corrected chi connectivity index (χ4v) is 0.873. The predicted octanol–water partition coefficient (Wildman–Crippen LogP) is 0.431. The summed E-state index contributed by atoms with van der Waals surface area (Å²) in [6.07, 6.45) is 0. The van der Waals surface area contributed by atoms with E-state index in [1.165, 1.54) is 0 Å². The van der Waals surface area contributed by atoms with Crippen LogP contribution in [0.4, 0.5) is 5.82 Å². The average molecular weight is 137 g/mol. The van der Waals surface area contributed by atoms with Gasteiger partial charge in [0.05, 0.1) is 5.69 Å². The van der Waals surface area contributed by atoms with E-state index in [0.717, 1.165) is 11.3 Å². The van der Waals surface area contributed by atoms with Crippen LogP contribution in [0.25, 0.3) is 0 Å². The Labute approximate surface area is 60.1 Å². The van der Waals surface area contributed by atoms with Gasteiger partial charge >= 0.3 is 0 Å². The first-order valence-electron chi connectivity index (χ1n) is 3.15. The minimum Gasteiger partial charge on any atom is -0.384 e. The molecule has 0 radical (unpaired) electrons. The van der Waals surface area contributed by atoms with Crippen LogP contribution >= 0.6 is 0 Å². The van der Waals surface area contributed by atoms with Crippen LogP contribution in [-0.4, -0.2) is 4.98 Å². The van der Waals surface area contributed by atoms with Crippen LogP contribution in [0.2, 0.25) is 0 Å². The average Bonchev–Trinajstić information content (AvgIpc) is 1.85. The molecule has 0 aromatic carbocycles. The lowest BCUT2D eigenvalue weighted by Crippen LogP contribution is -2.02. The van der Waals surface area contributed by atoms with Gasteiger partial charge in [-0.05, 0) is 24.6 Å². The predicted molar refractivity (Wildman–Crippen MR) is 41.3 cm³/mol. The van der Waals surface area contributed by atoms with E-state index in [9.17, 15) is 0 Å². The highest BCUT2D eigenvalue weighted by Crippen LogP contribution is 2.04. The van der Waals surface area contributed by atoms with E-state index in [-0.39, 0.29) is 0 Å². The summed E-state index contributed by atoms with van der Waals surface area (Å²) in [7, 11) is 0. The van der Waals surface area contributed by atoms with Crippen molar-refractivity contribution in [1.29, 1.82) is 0 Å². The number of aryl methyl sites for hydroxylation is 1. The number of aromatic nitrogens is 1. The normalized spacial score (nSPS) is 9.80. The van der Waals surface area contributed by atoms with E-state index in [1.807, 2.05) is 19.1 Å². The summed E-state index contributed by atoms with van der Waals surface area (Å²) in [5.74, 6) is 0.542. The fourth-order valence-electron chi connectivity index (χ4n) is 0.873. The second kappa shape index (κ2) is 2.66. The first-order chi connectivity index (χ1) is 4.72. The minimum absolute atomic E-state index is 0.450. The zero-order valence-corrected chi connectivity index (χ0v) is 5.96. The van der Waals surface area contributed by atoms with Crippen molar-refractivity contribution in [3.63, 3.8) is 0 Å². The van der Waals surface area contributed by atoms with Crippen molar-refractivity contribution < 1.29 is 0 Å². The Balaban J connectivity index is 3.06. The Hall–Kier alpha value is -1.09. The third kappa shape index (κ3) is 1.45. The maximum absolute atomic E-state index is 5.47. The quantitative estimate of drug-likeness (QED) is 0.590. The lowest BCUT2D eigenvalue weighted by Gasteiger charge is -1.99. The molecule has 1 rings (SSSR count). The Morgan fingerprint density at radius 2 is 2.20 bits per heavy atom. The Morgan fingerprint density at radius 1 is 1.50 bits per heavy atom. The molecule has 0 amide bonds. The van der Waals surface area contributed by atoms with Crippen LogP contribution in [-0.2, 0) is 6.54 Å². The highest BCUT2D eigenvalue weighted by Gasteiger charge is 1.93. The molecule has 0 bridgehead atoms. The van der Waals surface area contributed by atoms with Crippen molar-refractivity contribution in [1.82, 2.24) is 4.98 Å². The van der Waals surface area contributed by atoms with Crippen LogP contribution in [0.15, 0.2) is 12.1 Å². The number of hydrogen-bond donors (Lipinski definition) is 2. The monoisotopic (exact) mass is 137 g/mol. The van der Waals surface area contributed by atoms with Crippen molar-refractivity contribution in [2.45, 2.75) is 13.5 Å². The first-order valence-corrected chi connectivity index (χ1v) is 3.15. The van der Waals surface area contributed by atoms with Crippen molar-refractivity contribution in [3.8, 4) is 0 Å². The van der Waals surface area contributed by atoms with Gasteiger partial charge in [-0.2, -0.15) is 0 Å². The summed E-state index contributed by atoms with van der Waals surface area (Å²) in [5.41, 5.74) is 12.8. The lowest BCUT2D eigenvalue weighted by atomic mass is 10.2. The van der Waals surface area contributed by atoms with Crippen molar-refractivity contribution >= 4 is 5.82 Å². The minimum atomic E-state index is 0.450. The maximum atomic E-state index is 5.47. The Kier molecular flexibility index (Phi) is 1.87. The first kappa shape index (κ1) is 7.02. The number of hydrogen-bond acceptors (Lipinski definition) is 3. The summed E-state index contributed by atoms with van der Waals surface area (Å²) < 4.78 is 0. The van der Waals surface area contributed by atoms with Gasteiger partial charge in [0.25, 0.3) is 0 Å². The number of nitrogens with zero attached hydrogens (tertiary/aromatic N) is 1. The molecule has 54 valence electrons. The molecule has 3 nitrogen and oxygen atoms in total. The molecular weight excluding hydrogens is 126 g/mol. The molecule has 4 N–H and O–H groups in total. The molecule has 3 heteroatoms. The van der Waals surface area contributed by atoms with Gasteiger partial charge in [-0.25, -0.2) is 4.98 Å². The second-order valence-electron chi connectivity index (χ2n) is 2.26. The van der Waals surface area contributed by atoms with Crippen LogP contribution in [0, 0.1) is 6.92 Å². The SMILES string of the molecule is Cc1cc(N)nc(CN)c1. The molecule has 0 fully saturated rings. The number of anilines is 1. The van der Waals surface area contributed by atoms with E-state index >= 15 is 0 Å². The van der Waals surface area contributed by atoms with E-state index in [2.05, 4.69) is 4.98 Å². The van der Waals surface area contributed by atoms with E-state index in [1.54, 1.807) is 0 Å². The van der Waals surface area contributed by atoms with Gasteiger partial charge in [0.1, 0.15) is 5.82 Å². The summed E-state index contributed by atoms with van der Waals surface area (Å²) >= 11 is 0. The molecule has 0 unspecified atom stereocenters. The van der Waals surface area contributed by atoms with Gasteiger partial charge < -0.3 is 11.5 Å². The number of pyridine rings is 1. The molecule has 0 aliphatic heterocycles. The zero-order chi connectivity index (χ0) is 7.56. The molecule has 0 atom stereocenters. The Bertz CT molecular complexity index is 212. The molecular formula is C7H11N3. The largest absolute Gasteiger partial charge is 0.384 e. The van der Waals surface area contributed by atoms with Gasteiger partial charge in [0.2, 0.25) is 0 Å². The standard InChI is InChI=1S/C7H11N3/c1-5-2-6(4-8)10-7(9)3-5/h2-3H,4,8H2,1H3,(H2,9,10). The van der Waals surface area contributed by atoms with E-state index in [0.29, 0.717) is 12.4 Å². The summed E-state index contributed by atoms with van der Waals surface area (Å²) in [6, 6.07) is 3.75. The molecule has 10 heavy (non-hydrogen) atoms. The third-order valence-electron chi connectivity index (χ3n) is 1.25. The van der Waals surface area contributed by atoms with Gasteiger partial charge in [-0.1, -0.05) is 0 Å². The summed E-state index contributed by atoms with van der Waals surface area (Å²) in [6.45, 7) is 2.42. The molecule has 1 aromatic rings. The van der Waals surface area contributed by atoms with Gasteiger partial charge in [-0.3, -0.25) is 0 Å². The maximum Gasteiger partial charge on any atom is 0.123 e. The van der Waals surface area contributed by atoms with Gasteiger partial charge in [-0.15, -0.1) is 0 Å². The van der Waals surface area contributed by atoms with Crippen molar-refractivity contribution in [2.75, 3.05) is 5.73 Å². The smallest absolute Gasteiger partial charge is 0.123 e. The molecule has 0 saturated carbocycles. The van der Waals surface area contributed by atoms with Crippen LogP contribution in [0.5, 0.6) is 0 Å². The summed E-state index contributed by atoms with van der Waals surface area (Å²) in [4.78, 5) is 4.01. The molecule has 0 aliphatic carbocycles. The van der Waals surface area contributed by atoms with Gasteiger partial charge in [0.15, 0.2) is 0 Å². The molecule has 0 spiro atoms. The molecule has 0 saturated heterocycles. The van der Waals surface area contributed by atoms with Crippen LogP contribution < -0.4 is 11.5 Å². The fraction of sp³-hybridized carbons (Fsp3) is 0.286. The zero-order valence-electron chi connectivity index (χ0n) is 5.96. The molecule has 0 aliphatic rings. The van der Waals surface area contributed by atoms with Gasteiger partial charge in [0, 0.05) is 6.54 Å². The number of nitrogens with two attached hydrogens (primary N) is 2. The van der Waals surface area contributed by atoms with E-state index in [4.69, 9.17) is 11.5 Å². The second-order valence-corrected chi connectivity index (χ2v) is 2.26. The van der Waals surface area contributed by atoms with Crippen molar-refractivity contribution in [2.24, 2.45) is 5.73 Å². The topological polar surface area (TPSA) is 64.9 Å². The Morgan fingerprint density at radius 3 is 2.70 bits per heavy atom. The third-order valence-corrected chi connectivity index (χ3v) is 1.25. The van der Waals surface area contributed by atoms with E-state index < -0.39 is 0 Å². The molecule has 1 aromatic heterocycles. The van der Waals surface area contributed by atoms with Crippen molar-refractivity contribution in [3.05, 3.63) is 23.4 Å². The lowest BCUT2D eigenvalue weighted by molar-refractivity contribution is 0.989. The van der Waals surface area contributed by atoms with Crippen LogP contribution in [0.3, 0.4) is 0 Å². The highest BCUT2D eigenvalue weighted by molar-refractivity contribution is 5.33. The molecule has 1 heterocycles.